The van der Waals surface area contributed by atoms with E-state index in [-0.39, 0.29) is 11.4 Å². The van der Waals surface area contributed by atoms with Crippen LogP contribution in [0.3, 0.4) is 0 Å². The van der Waals surface area contributed by atoms with Gasteiger partial charge in [-0.15, -0.1) is 0 Å². The molecule has 5 heteroatoms. The van der Waals surface area contributed by atoms with Gasteiger partial charge in [0.15, 0.2) is 0 Å². The molecule has 1 fully saturated rings. The van der Waals surface area contributed by atoms with Gasteiger partial charge >= 0.3 is 0 Å². The highest BCUT2D eigenvalue weighted by Gasteiger charge is 2.35. The number of likely N-dealkylation sites (N-methyl/N-ethyl adjacent to an activating group) is 1. The molecule has 0 radical (unpaired) electrons. The Hall–Kier alpha value is -0.650. The molecule has 1 rings (SSSR count). The molecule has 5 nitrogen and oxygen atoms in total. The highest BCUT2D eigenvalue weighted by Crippen LogP contribution is 2.31. The van der Waals surface area contributed by atoms with Gasteiger partial charge in [-0.25, -0.2) is 0 Å². The minimum Gasteiger partial charge on any atom is -0.383 e. The first-order valence-electron chi connectivity index (χ1n) is 7.89. The maximum atomic E-state index is 12.0. The van der Waals surface area contributed by atoms with E-state index in [2.05, 4.69) is 17.1 Å². The molecule has 3 N–H and O–H groups in total. The largest absolute Gasteiger partial charge is 0.383 e. The maximum Gasteiger partial charge on any atom is 0.234 e. The molecule has 0 atom stereocenters. The van der Waals surface area contributed by atoms with Gasteiger partial charge in [-0.2, -0.15) is 0 Å². The Morgan fingerprint density at radius 2 is 1.95 bits per heavy atom. The summed E-state index contributed by atoms with van der Waals surface area (Å²) in [7, 11) is 1.64. The lowest BCUT2D eigenvalue weighted by Gasteiger charge is -2.42. The molecule has 0 aliphatic heterocycles. The minimum atomic E-state index is 0.0177. The molecule has 1 aliphatic carbocycles. The average Bonchev–Trinajstić information content (AvgIpc) is 2.71. The summed E-state index contributed by atoms with van der Waals surface area (Å²) in [6, 6.07) is 0. The van der Waals surface area contributed by atoms with Crippen molar-refractivity contribution in [3.8, 4) is 0 Å². The van der Waals surface area contributed by atoms with Crippen molar-refractivity contribution >= 4 is 5.91 Å². The fraction of sp³-hybridized carbons (Fsp3) is 0.933. The smallest absolute Gasteiger partial charge is 0.234 e. The first kappa shape index (κ1) is 17.4. The molecular weight excluding hydrogens is 254 g/mol. The predicted molar refractivity (Wildman–Crippen MR) is 81.6 cm³/mol. The summed E-state index contributed by atoms with van der Waals surface area (Å²) < 4.78 is 4.95. The summed E-state index contributed by atoms with van der Waals surface area (Å²) in [6.45, 7) is 5.20. The van der Waals surface area contributed by atoms with Crippen LogP contribution in [0.4, 0.5) is 0 Å². The molecule has 1 saturated carbocycles. The third kappa shape index (κ3) is 5.04. The first-order chi connectivity index (χ1) is 9.68. The third-order valence-corrected chi connectivity index (χ3v) is 4.43. The molecule has 118 valence electrons. The van der Waals surface area contributed by atoms with Gasteiger partial charge in [0.25, 0.3) is 0 Å². The number of methoxy groups -OCH3 is 1. The number of carbonyl (C=O) groups is 1. The maximum absolute atomic E-state index is 12.0. The van der Waals surface area contributed by atoms with Crippen molar-refractivity contribution in [2.75, 3.05) is 39.9 Å². The van der Waals surface area contributed by atoms with Gasteiger partial charge in [-0.05, 0) is 19.4 Å². The van der Waals surface area contributed by atoms with Crippen LogP contribution < -0.4 is 11.1 Å². The van der Waals surface area contributed by atoms with Gasteiger partial charge in [0.2, 0.25) is 5.91 Å². The number of nitrogens with one attached hydrogen (secondary N) is 1. The Kier molecular flexibility index (Phi) is 8.11. The van der Waals surface area contributed by atoms with Crippen LogP contribution >= 0.6 is 0 Å². The van der Waals surface area contributed by atoms with E-state index < -0.39 is 0 Å². The molecule has 0 aromatic carbocycles. The normalized spacial score (nSPS) is 18.8. The Bertz CT molecular complexity index is 276. The zero-order valence-electron chi connectivity index (χ0n) is 13.1. The number of hydrogen-bond donors (Lipinski definition) is 2. The van der Waals surface area contributed by atoms with Crippen molar-refractivity contribution in [1.29, 1.82) is 0 Å². The first-order valence-corrected chi connectivity index (χ1v) is 7.89. The van der Waals surface area contributed by atoms with E-state index in [4.69, 9.17) is 10.5 Å². The van der Waals surface area contributed by atoms with Crippen molar-refractivity contribution in [3.05, 3.63) is 0 Å². The zero-order valence-corrected chi connectivity index (χ0v) is 13.1. The summed E-state index contributed by atoms with van der Waals surface area (Å²) in [5.74, 6) is 0.0703. The number of nitrogens with two attached hydrogens (primary N) is 1. The van der Waals surface area contributed by atoms with Crippen LogP contribution in [0.25, 0.3) is 0 Å². The molecule has 0 bridgehead atoms. The van der Waals surface area contributed by atoms with Gasteiger partial charge in [0.1, 0.15) is 0 Å². The predicted octanol–water partition coefficient (Wildman–Crippen LogP) is 1.12. The molecule has 0 unspecified atom stereocenters. The van der Waals surface area contributed by atoms with Crippen LogP contribution in [0.1, 0.15) is 45.4 Å². The second-order valence-corrected chi connectivity index (χ2v) is 5.70. The zero-order chi connectivity index (χ0) is 14.8. The fourth-order valence-electron chi connectivity index (χ4n) is 3.17. The number of rotatable bonds is 8. The van der Waals surface area contributed by atoms with E-state index in [1.807, 2.05) is 0 Å². The Morgan fingerprint density at radius 1 is 1.30 bits per heavy atom. The molecular formula is C15H31N3O2. The van der Waals surface area contributed by atoms with Crippen LogP contribution in [0.5, 0.6) is 0 Å². The number of ether oxygens (including phenoxy) is 1. The number of amides is 1. The summed E-state index contributed by atoms with van der Waals surface area (Å²) in [4.78, 5) is 14.3. The molecule has 1 aliphatic rings. The summed E-state index contributed by atoms with van der Waals surface area (Å²) in [5.41, 5.74) is 6.11. The Labute approximate surface area is 123 Å². The topological polar surface area (TPSA) is 67.6 Å². The van der Waals surface area contributed by atoms with Gasteiger partial charge in [-0.3, -0.25) is 9.69 Å². The second-order valence-electron chi connectivity index (χ2n) is 5.70. The van der Waals surface area contributed by atoms with E-state index in [0.717, 1.165) is 19.4 Å². The third-order valence-electron chi connectivity index (χ3n) is 4.43. The molecule has 0 aromatic heterocycles. The minimum absolute atomic E-state index is 0.0177. The fourth-order valence-corrected chi connectivity index (χ4v) is 3.17. The van der Waals surface area contributed by atoms with Crippen LogP contribution in [0, 0.1) is 0 Å². The number of carbonyl (C=O) groups excluding carboxylic acids is 1. The van der Waals surface area contributed by atoms with Crippen molar-refractivity contribution in [2.24, 2.45) is 5.73 Å². The van der Waals surface area contributed by atoms with E-state index in [0.29, 0.717) is 26.2 Å². The van der Waals surface area contributed by atoms with E-state index in [9.17, 15) is 4.79 Å². The molecule has 0 spiro atoms. The SMILES string of the molecule is CCN(CC(=O)NCCOC)C1(CN)CCCCCC1. The van der Waals surface area contributed by atoms with E-state index >= 15 is 0 Å². The Balaban J connectivity index is 2.59. The van der Waals surface area contributed by atoms with Crippen molar-refractivity contribution in [1.82, 2.24) is 10.2 Å². The number of nitrogens with zero attached hydrogens (tertiary/aromatic N) is 1. The van der Waals surface area contributed by atoms with Crippen LogP contribution in [0.15, 0.2) is 0 Å². The molecule has 0 aromatic rings. The lowest BCUT2D eigenvalue weighted by atomic mass is 9.88. The summed E-state index contributed by atoms with van der Waals surface area (Å²) >= 11 is 0. The Morgan fingerprint density at radius 3 is 2.45 bits per heavy atom. The molecule has 20 heavy (non-hydrogen) atoms. The van der Waals surface area contributed by atoms with Crippen LogP contribution in [-0.2, 0) is 9.53 Å². The van der Waals surface area contributed by atoms with Crippen molar-refractivity contribution < 1.29 is 9.53 Å². The van der Waals surface area contributed by atoms with Crippen LogP contribution in [-0.4, -0.2) is 56.2 Å². The molecule has 0 heterocycles. The van der Waals surface area contributed by atoms with Crippen molar-refractivity contribution in [3.63, 3.8) is 0 Å². The second kappa shape index (κ2) is 9.32. The summed E-state index contributed by atoms with van der Waals surface area (Å²) in [6.07, 6.45) is 7.25. The molecule has 0 saturated heterocycles. The highest BCUT2D eigenvalue weighted by atomic mass is 16.5. The standard InChI is InChI=1S/C15H31N3O2/c1-3-18(12-14(19)17-10-11-20-2)15(13-16)8-6-4-5-7-9-15/h3-13,16H2,1-2H3,(H,17,19). The highest BCUT2D eigenvalue weighted by molar-refractivity contribution is 5.78. The van der Waals surface area contributed by atoms with Crippen molar-refractivity contribution in [2.45, 2.75) is 51.0 Å². The average molecular weight is 285 g/mol. The van der Waals surface area contributed by atoms with Crippen LogP contribution in [0.2, 0.25) is 0 Å². The quantitative estimate of drug-likeness (QED) is 0.518. The van der Waals surface area contributed by atoms with Gasteiger partial charge in [-0.1, -0.05) is 32.6 Å². The van der Waals surface area contributed by atoms with Gasteiger partial charge in [0, 0.05) is 25.7 Å². The lowest BCUT2D eigenvalue weighted by molar-refractivity contribution is -0.124. The summed E-state index contributed by atoms with van der Waals surface area (Å²) in [5, 5.41) is 2.90. The van der Waals surface area contributed by atoms with Gasteiger partial charge < -0.3 is 15.8 Å². The lowest BCUT2D eigenvalue weighted by Crippen LogP contribution is -2.56. The van der Waals surface area contributed by atoms with Gasteiger partial charge in [0.05, 0.1) is 13.2 Å². The van der Waals surface area contributed by atoms with E-state index in [1.165, 1.54) is 25.7 Å². The number of hydrogen-bond acceptors (Lipinski definition) is 4. The van der Waals surface area contributed by atoms with E-state index in [1.54, 1.807) is 7.11 Å². The molecule has 1 amide bonds. The monoisotopic (exact) mass is 285 g/mol.